The van der Waals surface area contributed by atoms with Gasteiger partial charge in [-0.2, -0.15) is 0 Å². The number of hydrogen-bond acceptors (Lipinski definition) is 6. The standard InChI is InChI=1S/C19H24N2O5S2/c1-21(14-15-7-5-4-6-8-15)19(22)11-12-20-17-10-9-16(27(2,23)24)13-18(17)28(3,25)26/h4-10,13,20H,11-12,14H2,1-3H3. The van der Waals surface area contributed by atoms with Crippen molar-refractivity contribution in [3.8, 4) is 0 Å². The maximum Gasteiger partial charge on any atom is 0.224 e. The molecule has 2 aromatic carbocycles. The molecule has 0 saturated carbocycles. The van der Waals surface area contributed by atoms with Crippen LogP contribution in [0.1, 0.15) is 12.0 Å². The van der Waals surface area contributed by atoms with Crippen LogP contribution in [0.2, 0.25) is 0 Å². The first-order valence-electron chi connectivity index (χ1n) is 8.54. The van der Waals surface area contributed by atoms with Crippen LogP contribution in [0.5, 0.6) is 0 Å². The minimum Gasteiger partial charge on any atom is -0.383 e. The smallest absolute Gasteiger partial charge is 0.224 e. The molecule has 0 heterocycles. The minimum atomic E-state index is -3.65. The zero-order valence-electron chi connectivity index (χ0n) is 16.0. The Morgan fingerprint density at radius 3 is 2.18 bits per heavy atom. The van der Waals surface area contributed by atoms with E-state index in [1.807, 2.05) is 30.3 Å². The van der Waals surface area contributed by atoms with Crippen LogP contribution < -0.4 is 5.32 Å². The minimum absolute atomic E-state index is 0.0721. The topological polar surface area (TPSA) is 101 Å². The van der Waals surface area contributed by atoms with Crippen molar-refractivity contribution in [3.63, 3.8) is 0 Å². The number of nitrogens with zero attached hydrogens (tertiary/aromatic N) is 1. The molecule has 2 rings (SSSR count). The molecule has 152 valence electrons. The van der Waals surface area contributed by atoms with Gasteiger partial charge in [0.05, 0.1) is 15.5 Å². The SMILES string of the molecule is CN(Cc1ccccc1)C(=O)CCNc1ccc(S(C)(=O)=O)cc1S(C)(=O)=O. The lowest BCUT2D eigenvalue weighted by molar-refractivity contribution is -0.130. The summed E-state index contributed by atoms with van der Waals surface area (Å²) in [5.41, 5.74) is 1.29. The van der Waals surface area contributed by atoms with Crippen LogP contribution in [-0.2, 0) is 31.0 Å². The third-order valence-electron chi connectivity index (χ3n) is 4.12. The molecule has 2 aromatic rings. The van der Waals surface area contributed by atoms with Crippen LogP contribution in [0.4, 0.5) is 5.69 Å². The van der Waals surface area contributed by atoms with Gasteiger partial charge >= 0.3 is 0 Å². The van der Waals surface area contributed by atoms with Gasteiger partial charge in [-0.25, -0.2) is 16.8 Å². The van der Waals surface area contributed by atoms with E-state index in [1.54, 1.807) is 11.9 Å². The number of amides is 1. The Balaban J connectivity index is 2.05. The first-order chi connectivity index (χ1) is 13.0. The molecule has 7 nitrogen and oxygen atoms in total. The van der Waals surface area contributed by atoms with Crippen molar-refractivity contribution >= 4 is 31.3 Å². The Morgan fingerprint density at radius 1 is 0.964 bits per heavy atom. The molecule has 0 bridgehead atoms. The molecular formula is C19H24N2O5S2. The molecule has 0 atom stereocenters. The third-order valence-corrected chi connectivity index (χ3v) is 6.37. The van der Waals surface area contributed by atoms with E-state index in [0.717, 1.165) is 24.1 Å². The number of carbonyl (C=O) groups excluding carboxylic acids is 1. The first kappa shape index (κ1) is 21.9. The fourth-order valence-corrected chi connectivity index (χ4v) is 4.23. The molecular weight excluding hydrogens is 400 g/mol. The van der Waals surface area contributed by atoms with E-state index in [0.29, 0.717) is 6.54 Å². The number of hydrogen-bond donors (Lipinski definition) is 1. The molecule has 9 heteroatoms. The number of anilines is 1. The molecule has 0 aliphatic carbocycles. The second kappa shape index (κ2) is 8.74. The lowest BCUT2D eigenvalue weighted by atomic mass is 10.2. The van der Waals surface area contributed by atoms with E-state index >= 15 is 0 Å². The third kappa shape index (κ3) is 6.07. The van der Waals surface area contributed by atoms with Gasteiger partial charge in [0.1, 0.15) is 0 Å². The Hall–Kier alpha value is -2.39. The highest BCUT2D eigenvalue weighted by atomic mass is 32.2. The van der Waals surface area contributed by atoms with Crippen LogP contribution >= 0.6 is 0 Å². The van der Waals surface area contributed by atoms with Gasteiger partial charge in [-0.3, -0.25) is 4.79 Å². The number of carbonyl (C=O) groups is 1. The van der Waals surface area contributed by atoms with E-state index in [4.69, 9.17) is 0 Å². The summed E-state index contributed by atoms with van der Waals surface area (Å²) in [5, 5.41) is 2.93. The van der Waals surface area contributed by atoms with Gasteiger partial charge in [-0.1, -0.05) is 30.3 Å². The van der Waals surface area contributed by atoms with Crippen molar-refractivity contribution < 1.29 is 21.6 Å². The molecule has 0 unspecified atom stereocenters. The van der Waals surface area contributed by atoms with Crippen LogP contribution in [0.25, 0.3) is 0 Å². The lowest BCUT2D eigenvalue weighted by Crippen LogP contribution is -2.27. The van der Waals surface area contributed by atoms with Crippen molar-refractivity contribution in [2.45, 2.75) is 22.8 Å². The summed E-state index contributed by atoms with van der Waals surface area (Å²) in [6.45, 7) is 0.704. The fraction of sp³-hybridized carbons (Fsp3) is 0.316. The Morgan fingerprint density at radius 2 is 1.61 bits per heavy atom. The summed E-state index contributed by atoms with van der Waals surface area (Å²) >= 11 is 0. The molecule has 0 saturated heterocycles. The van der Waals surface area contributed by atoms with Gasteiger partial charge in [-0.15, -0.1) is 0 Å². The summed E-state index contributed by atoms with van der Waals surface area (Å²) in [6.07, 6.45) is 2.20. The van der Waals surface area contributed by atoms with Crippen molar-refractivity contribution in [1.29, 1.82) is 0 Å². The number of rotatable bonds is 8. The summed E-state index contributed by atoms with van der Waals surface area (Å²) in [5.74, 6) is -0.0926. The number of benzene rings is 2. The summed E-state index contributed by atoms with van der Waals surface area (Å²) < 4.78 is 47.4. The summed E-state index contributed by atoms with van der Waals surface area (Å²) in [7, 11) is -5.47. The maximum absolute atomic E-state index is 12.3. The second-order valence-corrected chi connectivity index (χ2v) is 10.6. The van der Waals surface area contributed by atoms with Gasteiger partial charge in [0.25, 0.3) is 0 Å². The highest BCUT2D eigenvalue weighted by molar-refractivity contribution is 7.91. The normalized spacial score (nSPS) is 11.8. The van der Waals surface area contributed by atoms with E-state index in [1.165, 1.54) is 12.1 Å². The second-order valence-electron chi connectivity index (χ2n) is 6.61. The quantitative estimate of drug-likeness (QED) is 0.695. The molecule has 0 aromatic heterocycles. The van der Waals surface area contributed by atoms with Crippen molar-refractivity contribution in [3.05, 3.63) is 54.1 Å². The van der Waals surface area contributed by atoms with E-state index < -0.39 is 19.7 Å². The molecule has 0 aliphatic heterocycles. The first-order valence-corrected chi connectivity index (χ1v) is 12.3. The summed E-state index contributed by atoms with van der Waals surface area (Å²) in [6, 6.07) is 13.5. The molecule has 0 fully saturated rings. The van der Waals surface area contributed by atoms with Crippen LogP contribution in [0, 0.1) is 0 Å². The van der Waals surface area contributed by atoms with Gasteiger partial charge in [0.15, 0.2) is 19.7 Å². The molecule has 0 radical (unpaired) electrons. The number of sulfone groups is 2. The average molecular weight is 425 g/mol. The predicted octanol–water partition coefficient (Wildman–Crippen LogP) is 1.95. The Labute approximate surface area is 166 Å². The van der Waals surface area contributed by atoms with Gasteiger partial charge in [0.2, 0.25) is 5.91 Å². The zero-order chi connectivity index (χ0) is 20.9. The Kier molecular flexibility index (Phi) is 6.84. The van der Waals surface area contributed by atoms with Gasteiger partial charge < -0.3 is 10.2 Å². The highest BCUT2D eigenvalue weighted by Crippen LogP contribution is 2.25. The fourth-order valence-electron chi connectivity index (χ4n) is 2.63. The van der Waals surface area contributed by atoms with Gasteiger partial charge in [-0.05, 0) is 23.8 Å². The maximum atomic E-state index is 12.3. The Bertz CT molecular complexity index is 1050. The lowest BCUT2D eigenvalue weighted by Gasteiger charge is -2.18. The average Bonchev–Trinajstić information content (AvgIpc) is 2.60. The molecule has 0 spiro atoms. The highest BCUT2D eigenvalue weighted by Gasteiger charge is 2.18. The van der Waals surface area contributed by atoms with Crippen LogP contribution in [0.15, 0.2) is 58.3 Å². The summed E-state index contributed by atoms with van der Waals surface area (Å²) in [4.78, 5) is 13.7. The molecule has 0 aliphatic rings. The van der Waals surface area contributed by atoms with Crippen molar-refractivity contribution in [1.82, 2.24) is 4.90 Å². The monoisotopic (exact) mass is 424 g/mol. The molecule has 28 heavy (non-hydrogen) atoms. The largest absolute Gasteiger partial charge is 0.383 e. The van der Waals surface area contributed by atoms with E-state index in [9.17, 15) is 21.6 Å². The van der Waals surface area contributed by atoms with E-state index in [-0.39, 0.29) is 34.4 Å². The predicted molar refractivity (Wildman–Crippen MR) is 109 cm³/mol. The van der Waals surface area contributed by atoms with Crippen LogP contribution in [0.3, 0.4) is 0 Å². The van der Waals surface area contributed by atoms with Gasteiger partial charge in [0, 0.05) is 39.1 Å². The van der Waals surface area contributed by atoms with E-state index in [2.05, 4.69) is 5.32 Å². The number of nitrogens with one attached hydrogen (secondary N) is 1. The molecule has 1 N–H and O–H groups in total. The molecule has 1 amide bonds. The van der Waals surface area contributed by atoms with Crippen LogP contribution in [-0.4, -0.2) is 53.7 Å². The van der Waals surface area contributed by atoms with Crippen molar-refractivity contribution in [2.75, 3.05) is 31.4 Å². The zero-order valence-corrected chi connectivity index (χ0v) is 17.7. The van der Waals surface area contributed by atoms with Crippen molar-refractivity contribution in [2.24, 2.45) is 0 Å².